The molecule has 0 aromatic rings. The third-order valence-corrected chi connectivity index (χ3v) is 3.51. The molecule has 1 heterocycles. The number of urea groups is 1. The quantitative estimate of drug-likeness (QED) is 0.696. The van der Waals surface area contributed by atoms with Gasteiger partial charge in [-0.1, -0.05) is 13.8 Å². The molecule has 0 spiro atoms. The van der Waals surface area contributed by atoms with Crippen molar-refractivity contribution in [2.75, 3.05) is 12.4 Å². The lowest BCUT2D eigenvalue weighted by Crippen LogP contribution is -2.45. The minimum absolute atomic E-state index is 0.170. The van der Waals surface area contributed by atoms with Crippen LogP contribution in [0.4, 0.5) is 4.79 Å². The molecule has 5 heteroatoms. The summed E-state index contributed by atoms with van der Waals surface area (Å²) in [5, 5.41) is 2.26. The first-order valence-electron chi connectivity index (χ1n) is 5.13. The van der Waals surface area contributed by atoms with Crippen LogP contribution < -0.4 is 5.32 Å². The molecule has 3 unspecified atom stereocenters. The van der Waals surface area contributed by atoms with Crippen molar-refractivity contribution < 1.29 is 9.59 Å². The number of rotatable bonds is 1. The molecule has 3 amide bonds. The predicted octanol–water partition coefficient (Wildman–Crippen LogP) is 1.44. The van der Waals surface area contributed by atoms with Crippen molar-refractivity contribution in [2.24, 2.45) is 11.8 Å². The summed E-state index contributed by atoms with van der Waals surface area (Å²) in [5.74, 6) is 0.304. The third kappa shape index (κ3) is 2.62. The molecular formula is C10H17ClN2O2. The summed E-state index contributed by atoms with van der Waals surface area (Å²) in [6.07, 6.45) is 0. The van der Waals surface area contributed by atoms with Gasteiger partial charge >= 0.3 is 6.03 Å². The van der Waals surface area contributed by atoms with E-state index in [0.29, 0.717) is 18.4 Å². The zero-order valence-corrected chi connectivity index (χ0v) is 10.0. The third-order valence-electron chi connectivity index (χ3n) is 3.26. The topological polar surface area (TPSA) is 49.4 Å². The van der Waals surface area contributed by atoms with Gasteiger partial charge in [-0.15, -0.1) is 11.6 Å². The molecule has 0 radical (unpaired) electrons. The van der Waals surface area contributed by atoms with E-state index < -0.39 is 5.91 Å². The number of nitrogens with one attached hydrogen (secondary N) is 1. The van der Waals surface area contributed by atoms with Crippen molar-refractivity contribution in [2.45, 2.75) is 26.8 Å². The number of carbonyl (C=O) groups is 2. The van der Waals surface area contributed by atoms with Crippen molar-refractivity contribution in [3.8, 4) is 0 Å². The first-order valence-corrected chi connectivity index (χ1v) is 5.67. The molecule has 86 valence electrons. The van der Waals surface area contributed by atoms with Gasteiger partial charge in [-0.2, -0.15) is 0 Å². The van der Waals surface area contributed by atoms with Crippen molar-refractivity contribution in [1.82, 2.24) is 10.2 Å². The van der Waals surface area contributed by atoms with E-state index in [0.717, 1.165) is 0 Å². The number of nitrogens with zero attached hydrogens (tertiary/aromatic N) is 1. The Morgan fingerprint density at radius 3 is 2.40 bits per heavy atom. The molecule has 0 saturated carbocycles. The average Bonchev–Trinajstić information content (AvgIpc) is 2.45. The Balaban J connectivity index is 2.58. The molecular weight excluding hydrogens is 216 g/mol. The van der Waals surface area contributed by atoms with Crippen LogP contribution in [-0.4, -0.2) is 35.3 Å². The number of hydrogen-bond donors (Lipinski definition) is 1. The van der Waals surface area contributed by atoms with Gasteiger partial charge in [0.25, 0.3) is 0 Å². The largest absolute Gasteiger partial charge is 0.324 e. The van der Waals surface area contributed by atoms with Gasteiger partial charge in [0, 0.05) is 12.6 Å². The summed E-state index contributed by atoms with van der Waals surface area (Å²) in [4.78, 5) is 24.3. The number of hydrogen-bond acceptors (Lipinski definition) is 2. The van der Waals surface area contributed by atoms with Gasteiger partial charge in [0.05, 0.1) is 0 Å². The molecule has 0 bridgehead atoms. The summed E-state index contributed by atoms with van der Waals surface area (Å²) in [7, 11) is 0. The van der Waals surface area contributed by atoms with Crippen LogP contribution in [0.1, 0.15) is 20.8 Å². The van der Waals surface area contributed by atoms with Crippen LogP contribution in [0.25, 0.3) is 0 Å². The number of likely N-dealkylation sites (tertiary alicyclic amines) is 1. The van der Waals surface area contributed by atoms with E-state index in [-0.39, 0.29) is 18.0 Å². The Morgan fingerprint density at radius 1 is 1.40 bits per heavy atom. The molecule has 1 aliphatic heterocycles. The van der Waals surface area contributed by atoms with E-state index >= 15 is 0 Å². The molecule has 1 rings (SSSR count). The number of carbonyl (C=O) groups excluding carboxylic acids is 2. The molecule has 15 heavy (non-hydrogen) atoms. The smallest absolute Gasteiger partial charge is 0.321 e. The second-order valence-electron chi connectivity index (χ2n) is 4.22. The van der Waals surface area contributed by atoms with E-state index in [4.69, 9.17) is 11.6 Å². The molecule has 1 aliphatic rings. The van der Waals surface area contributed by atoms with Gasteiger partial charge in [-0.25, -0.2) is 4.79 Å². The van der Waals surface area contributed by atoms with E-state index in [2.05, 4.69) is 19.2 Å². The molecule has 1 N–H and O–H groups in total. The normalized spacial score (nSPS) is 30.4. The van der Waals surface area contributed by atoms with Crippen LogP contribution in [-0.2, 0) is 4.79 Å². The summed E-state index contributed by atoms with van der Waals surface area (Å²) in [6.45, 7) is 6.92. The number of alkyl halides is 1. The monoisotopic (exact) mass is 232 g/mol. The fourth-order valence-electron chi connectivity index (χ4n) is 1.89. The van der Waals surface area contributed by atoms with Gasteiger partial charge in [-0.05, 0) is 18.8 Å². The highest BCUT2D eigenvalue weighted by Crippen LogP contribution is 2.28. The summed E-state index contributed by atoms with van der Waals surface area (Å²) < 4.78 is 0. The first-order chi connectivity index (χ1) is 6.97. The molecule has 3 atom stereocenters. The average molecular weight is 233 g/mol. The van der Waals surface area contributed by atoms with E-state index in [1.165, 1.54) is 0 Å². The Labute approximate surface area is 95.0 Å². The van der Waals surface area contributed by atoms with Gasteiger partial charge in [0.1, 0.15) is 5.88 Å². The van der Waals surface area contributed by atoms with Crippen molar-refractivity contribution in [3.63, 3.8) is 0 Å². The first kappa shape index (κ1) is 12.3. The van der Waals surface area contributed by atoms with Gasteiger partial charge in [0.15, 0.2) is 0 Å². The Kier molecular flexibility index (Phi) is 3.97. The second-order valence-corrected chi connectivity index (χ2v) is 4.48. The zero-order valence-electron chi connectivity index (χ0n) is 9.29. The van der Waals surface area contributed by atoms with Crippen LogP contribution in [0.2, 0.25) is 0 Å². The number of halogens is 1. The molecule has 1 saturated heterocycles. The minimum atomic E-state index is -0.443. The lowest BCUT2D eigenvalue weighted by atomic mass is 9.95. The van der Waals surface area contributed by atoms with Gasteiger partial charge < -0.3 is 4.90 Å². The summed E-state index contributed by atoms with van der Waals surface area (Å²) in [5.41, 5.74) is 0. The highest BCUT2D eigenvalue weighted by atomic mass is 35.5. The predicted molar refractivity (Wildman–Crippen MR) is 58.8 cm³/mol. The lowest BCUT2D eigenvalue weighted by molar-refractivity contribution is -0.117. The number of amides is 3. The van der Waals surface area contributed by atoms with E-state index in [1.54, 1.807) is 4.90 Å². The lowest BCUT2D eigenvalue weighted by Gasteiger charge is -2.22. The van der Waals surface area contributed by atoms with E-state index in [1.807, 2.05) is 6.92 Å². The van der Waals surface area contributed by atoms with Crippen LogP contribution in [0.5, 0.6) is 0 Å². The van der Waals surface area contributed by atoms with Crippen LogP contribution in [0.3, 0.4) is 0 Å². The van der Waals surface area contributed by atoms with Crippen LogP contribution in [0, 0.1) is 11.8 Å². The molecule has 0 aromatic carbocycles. The molecule has 0 aliphatic carbocycles. The van der Waals surface area contributed by atoms with Crippen LogP contribution in [0.15, 0.2) is 0 Å². The molecule has 0 aromatic heterocycles. The van der Waals surface area contributed by atoms with Gasteiger partial charge in [-0.3, -0.25) is 10.1 Å². The zero-order chi connectivity index (χ0) is 11.6. The molecule has 4 nitrogen and oxygen atoms in total. The maximum atomic E-state index is 11.7. The van der Waals surface area contributed by atoms with Crippen molar-refractivity contribution in [3.05, 3.63) is 0 Å². The fraction of sp³-hybridized carbons (Fsp3) is 0.800. The van der Waals surface area contributed by atoms with Crippen LogP contribution >= 0.6 is 11.6 Å². The van der Waals surface area contributed by atoms with Gasteiger partial charge in [0.2, 0.25) is 5.91 Å². The van der Waals surface area contributed by atoms with Crippen molar-refractivity contribution >= 4 is 23.5 Å². The number of imide groups is 1. The van der Waals surface area contributed by atoms with E-state index in [9.17, 15) is 9.59 Å². The maximum Gasteiger partial charge on any atom is 0.324 e. The summed E-state index contributed by atoms with van der Waals surface area (Å²) in [6, 6.07) is -0.160. The highest BCUT2D eigenvalue weighted by molar-refractivity contribution is 6.28. The summed E-state index contributed by atoms with van der Waals surface area (Å²) >= 11 is 5.31. The minimum Gasteiger partial charge on any atom is -0.321 e. The fourth-order valence-corrected chi connectivity index (χ4v) is 1.96. The Morgan fingerprint density at radius 2 is 2.00 bits per heavy atom. The maximum absolute atomic E-state index is 11.7. The Bertz CT molecular complexity index is 270. The Hall–Kier alpha value is -0.770. The second kappa shape index (κ2) is 4.84. The highest BCUT2D eigenvalue weighted by Gasteiger charge is 2.36. The molecule has 1 fully saturated rings. The SMILES string of the molecule is CC1CN(C(=O)NC(=O)CCl)C(C)C1C. The standard InChI is InChI=1S/C10H17ClN2O2/c1-6-5-13(8(3)7(6)2)10(15)12-9(14)4-11/h6-8H,4-5H2,1-3H3,(H,12,14,15). The van der Waals surface area contributed by atoms with Crippen molar-refractivity contribution in [1.29, 1.82) is 0 Å².